The summed E-state index contributed by atoms with van der Waals surface area (Å²) in [4.78, 5) is 0. The van der Waals surface area contributed by atoms with Crippen LogP contribution in [0, 0.1) is 0 Å². The lowest BCUT2D eigenvalue weighted by Gasteiger charge is -2.00. The molecule has 94 valence electrons. The van der Waals surface area contributed by atoms with Gasteiger partial charge in [-0.15, -0.1) is 0 Å². The molecule has 0 unspecified atom stereocenters. The molecule has 0 saturated carbocycles. The average molecular weight is 249 g/mol. The monoisotopic (exact) mass is 249 g/mol. The summed E-state index contributed by atoms with van der Waals surface area (Å²) < 4.78 is 1.97. The van der Waals surface area contributed by atoms with Gasteiger partial charge in [-0.1, -0.05) is 42.5 Å². The van der Waals surface area contributed by atoms with Gasteiger partial charge in [0.05, 0.1) is 18.3 Å². The predicted octanol–water partition coefficient (Wildman–Crippen LogP) is 3.33. The van der Waals surface area contributed by atoms with Crippen molar-refractivity contribution in [2.45, 2.75) is 6.54 Å². The van der Waals surface area contributed by atoms with E-state index in [4.69, 9.17) is 5.73 Å². The number of nitrogens with two attached hydrogens (primary N) is 1. The Hall–Kier alpha value is -2.55. The molecule has 3 heteroatoms. The van der Waals surface area contributed by atoms with Gasteiger partial charge in [0.15, 0.2) is 0 Å². The summed E-state index contributed by atoms with van der Waals surface area (Å²) in [6, 6.07) is 16.1. The Morgan fingerprint density at radius 1 is 1.11 bits per heavy atom. The Kier molecular flexibility index (Phi) is 3.02. The Morgan fingerprint density at radius 3 is 2.79 bits per heavy atom. The van der Waals surface area contributed by atoms with Gasteiger partial charge >= 0.3 is 0 Å². The van der Waals surface area contributed by atoms with Crippen LogP contribution in [0.25, 0.3) is 17.0 Å². The van der Waals surface area contributed by atoms with Gasteiger partial charge in [0.25, 0.3) is 0 Å². The van der Waals surface area contributed by atoms with Crippen molar-refractivity contribution in [1.82, 2.24) is 9.78 Å². The zero-order valence-corrected chi connectivity index (χ0v) is 10.5. The van der Waals surface area contributed by atoms with E-state index in [0.717, 1.165) is 23.1 Å². The first kappa shape index (κ1) is 11.5. The van der Waals surface area contributed by atoms with Gasteiger partial charge in [-0.3, -0.25) is 4.68 Å². The summed E-state index contributed by atoms with van der Waals surface area (Å²) in [6.07, 6.45) is 6.06. The number of benzene rings is 2. The van der Waals surface area contributed by atoms with Gasteiger partial charge in [0.2, 0.25) is 0 Å². The maximum absolute atomic E-state index is 5.76. The molecule has 0 aliphatic carbocycles. The maximum Gasteiger partial charge on any atom is 0.0687 e. The first-order chi connectivity index (χ1) is 9.33. The van der Waals surface area contributed by atoms with E-state index in [1.165, 1.54) is 5.56 Å². The number of hydrogen-bond acceptors (Lipinski definition) is 2. The number of fused-ring (bicyclic) bond motifs is 1. The first-order valence-corrected chi connectivity index (χ1v) is 6.25. The summed E-state index contributed by atoms with van der Waals surface area (Å²) in [5.41, 5.74) is 8.83. The van der Waals surface area contributed by atoms with Crippen LogP contribution >= 0.6 is 0 Å². The number of nitrogens with zero attached hydrogens (tertiary/aromatic N) is 2. The number of hydrogen-bond donors (Lipinski definition) is 1. The fraction of sp³-hybridized carbons (Fsp3) is 0.0625. The molecule has 0 spiro atoms. The Balaban J connectivity index is 1.81. The van der Waals surface area contributed by atoms with Crippen LogP contribution in [0.15, 0.2) is 60.8 Å². The number of anilines is 1. The minimum absolute atomic E-state index is 0.752. The second-order valence-corrected chi connectivity index (χ2v) is 4.46. The van der Waals surface area contributed by atoms with Crippen LogP contribution in [0.4, 0.5) is 5.69 Å². The van der Waals surface area contributed by atoms with Crippen LogP contribution in [0.5, 0.6) is 0 Å². The second kappa shape index (κ2) is 4.98. The van der Waals surface area contributed by atoms with E-state index in [0.29, 0.717) is 0 Å². The zero-order valence-electron chi connectivity index (χ0n) is 10.5. The van der Waals surface area contributed by atoms with Gasteiger partial charge in [-0.25, -0.2) is 0 Å². The van der Waals surface area contributed by atoms with Crippen molar-refractivity contribution >= 4 is 22.7 Å². The normalized spacial score (nSPS) is 11.4. The third kappa shape index (κ3) is 2.50. The predicted molar refractivity (Wildman–Crippen MR) is 79.6 cm³/mol. The van der Waals surface area contributed by atoms with Crippen LogP contribution in [0.3, 0.4) is 0 Å². The Bertz CT molecular complexity index is 711. The molecule has 3 aromatic rings. The molecule has 0 amide bonds. The minimum Gasteiger partial charge on any atom is -0.399 e. The summed E-state index contributed by atoms with van der Waals surface area (Å²) in [5, 5.41) is 5.45. The highest BCUT2D eigenvalue weighted by Gasteiger charge is 2.00. The summed E-state index contributed by atoms with van der Waals surface area (Å²) in [7, 11) is 0. The molecule has 0 radical (unpaired) electrons. The van der Waals surface area contributed by atoms with Crippen molar-refractivity contribution in [1.29, 1.82) is 0 Å². The van der Waals surface area contributed by atoms with E-state index < -0.39 is 0 Å². The first-order valence-electron chi connectivity index (χ1n) is 6.25. The molecule has 3 rings (SSSR count). The lowest BCUT2D eigenvalue weighted by molar-refractivity contribution is 0.730. The topological polar surface area (TPSA) is 43.8 Å². The summed E-state index contributed by atoms with van der Waals surface area (Å²) in [6.45, 7) is 0.752. The highest BCUT2D eigenvalue weighted by atomic mass is 15.3. The van der Waals surface area contributed by atoms with E-state index in [-0.39, 0.29) is 0 Å². The van der Waals surface area contributed by atoms with Crippen molar-refractivity contribution in [2.75, 3.05) is 5.73 Å². The Morgan fingerprint density at radius 2 is 1.95 bits per heavy atom. The molecule has 0 atom stereocenters. The van der Waals surface area contributed by atoms with Crippen molar-refractivity contribution in [2.24, 2.45) is 0 Å². The third-order valence-corrected chi connectivity index (χ3v) is 3.05. The van der Waals surface area contributed by atoms with Gasteiger partial charge < -0.3 is 5.73 Å². The molecule has 0 aliphatic rings. The van der Waals surface area contributed by atoms with Gasteiger partial charge in [-0.2, -0.15) is 5.10 Å². The third-order valence-electron chi connectivity index (χ3n) is 3.05. The minimum atomic E-state index is 0.752. The van der Waals surface area contributed by atoms with Crippen molar-refractivity contribution in [3.05, 3.63) is 66.4 Å². The van der Waals surface area contributed by atoms with Crippen LogP contribution in [0.1, 0.15) is 5.56 Å². The van der Waals surface area contributed by atoms with E-state index in [2.05, 4.69) is 29.4 Å². The molecule has 2 aromatic carbocycles. The smallest absolute Gasteiger partial charge is 0.0687 e. The van der Waals surface area contributed by atoms with Crippen LogP contribution in [-0.2, 0) is 6.54 Å². The summed E-state index contributed by atoms with van der Waals surface area (Å²) in [5.74, 6) is 0. The molecular weight excluding hydrogens is 234 g/mol. The molecule has 1 heterocycles. The molecule has 0 fully saturated rings. The SMILES string of the molecule is Nc1ccc2c(cnn2C/C=C/c2ccccc2)c1. The van der Waals surface area contributed by atoms with Crippen LogP contribution in [0.2, 0.25) is 0 Å². The fourth-order valence-corrected chi connectivity index (χ4v) is 2.10. The molecule has 0 aliphatic heterocycles. The standard InChI is InChI=1S/C16H15N3/c17-15-8-9-16-14(11-15)12-18-19(16)10-4-7-13-5-2-1-3-6-13/h1-9,11-12H,10,17H2/b7-4+. The lowest BCUT2D eigenvalue weighted by Crippen LogP contribution is -1.96. The number of nitrogen functional groups attached to an aromatic ring is 1. The number of allylic oxidation sites excluding steroid dienone is 1. The molecule has 0 bridgehead atoms. The highest BCUT2D eigenvalue weighted by Crippen LogP contribution is 2.17. The quantitative estimate of drug-likeness (QED) is 0.723. The molecule has 19 heavy (non-hydrogen) atoms. The Labute approximate surface area is 112 Å². The summed E-state index contributed by atoms with van der Waals surface area (Å²) >= 11 is 0. The van der Waals surface area contributed by atoms with E-state index in [1.54, 1.807) is 0 Å². The van der Waals surface area contributed by atoms with E-state index >= 15 is 0 Å². The highest BCUT2D eigenvalue weighted by molar-refractivity contribution is 5.81. The maximum atomic E-state index is 5.76. The second-order valence-electron chi connectivity index (χ2n) is 4.46. The molecule has 2 N–H and O–H groups in total. The molecule has 1 aromatic heterocycles. The van der Waals surface area contributed by atoms with Crippen molar-refractivity contribution in [3.63, 3.8) is 0 Å². The van der Waals surface area contributed by atoms with Crippen LogP contribution < -0.4 is 5.73 Å². The van der Waals surface area contributed by atoms with E-state index in [1.807, 2.05) is 47.3 Å². The zero-order chi connectivity index (χ0) is 13.1. The van der Waals surface area contributed by atoms with E-state index in [9.17, 15) is 0 Å². The number of aromatic nitrogens is 2. The average Bonchev–Trinajstić information content (AvgIpc) is 2.82. The lowest BCUT2D eigenvalue weighted by atomic mass is 10.2. The molecule has 3 nitrogen and oxygen atoms in total. The largest absolute Gasteiger partial charge is 0.399 e. The van der Waals surface area contributed by atoms with Crippen LogP contribution in [-0.4, -0.2) is 9.78 Å². The number of rotatable bonds is 3. The van der Waals surface area contributed by atoms with Crippen molar-refractivity contribution < 1.29 is 0 Å². The van der Waals surface area contributed by atoms with Gasteiger partial charge in [-0.05, 0) is 23.8 Å². The fourth-order valence-electron chi connectivity index (χ4n) is 2.10. The van der Waals surface area contributed by atoms with Gasteiger partial charge in [0, 0.05) is 11.1 Å². The molecular formula is C16H15N3. The molecule has 0 saturated heterocycles. The van der Waals surface area contributed by atoms with Crippen molar-refractivity contribution in [3.8, 4) is 0 Å². The van der Waals surface area contributed by atoms with Gasteiger partial charge in [0.1, 0.15) is 0 Å².